The van der Waals surface area contributed by atoms with Gasteiger partial charge in [0, 0.05) is 44.3 Å². The van der Waals surface area contributed by atoms with E-state index >= 15 is 0 Å². The largest absolute Gasteiger partial charge is 0.510 e. The first-order valence-corrected chi connectivity index (χ1v) is 16.1. The van der Waals surface area contributed by atoms with Crippen LogP contribution in [0, 0.1) is 22.6 Å². The van der Waals surface area contributed by atoms with Crippen molar-refractivity contribution >= 4 is 45.6 Å². The summed E-state index contributed by atoms with van der Waals surface area (Å²) in [6.45, 7) is 6.65. The molecule has 5 nitrogen and oxygen atoms in total. The molecule has 0 amide bonds. The Bertz CT molecular complexity index is 2750. The molecule has 240 valence electrons. The van der Waals surface area contributed by atoms with Crippen molar-refractivity contribution in [3.8, 4) is 17.3 Å². The average molecular weight is 814 g/mol. The molecule has 7 aromatic rings. The zero-order chi connectivity index (χ0) is 32.4. The third-order valence-electron chi connectivity index (χ3n) is 9.09. The van der Waals surface area contributed by atoms with E-state index in [9.17, 15) is 0 Å². The number of pyridine rings is 1. The number of fused-ring (bicyclic) bond motifs is 4. The number of aromatic nitrogens is 2. The molecule has 3 heterocycles. The molecule has 0 N–H and O–H groups in total. The minimum atomic E-state index is -0.0104. The monoisotopic (exact) mass is 813 g/mol. The molecule has 1 aliphatic heterocycles. The van der Waals surface area contributed by atoms with E-state index in [4.69, 9.17) is 14.7 Å². The second-order valence-corrected chi connectivity index (χ2v) is 13.1. The zero-order valence-electron chi connectivity index (χ0n) is 27.1. The average Bonchev–Trinajstić information content (AvgIpc) is 3.67. The van der Waals surface area contributed by atoms with Crippen molar-refractivity contribution in [3.05, 3.63) is 166 Å². The van der Waals surface area contributed by atoms with Gasteiger partial charge in [-0.1, -0.05) is 105 Å². The SMILES string of the molecule is CC(C)(C)c1ccnc(-n2c3[c-]c(Oc4[c-]c([N+]5=[C-]N=c6cccc/c6=c6\cccc7c6=C5C=C7)ccc4)ccc3c3ccccc32)c1.[Pt]. The maximum Gasteiger partial charge on any atom is 0.287 e. The van der Waals surface area contributed by atoms with Crippen molar-refractivity contribution in [1.29, 1.82) is 0 Å². The van der Waals surface area contributed by atoms with Gasteiger partial charge in [-0.05, 0) is 55.8 Å². The van der Waals surface area contributed by atoms with Crippen LogP contribution >= 0.6 is 0 Å². The number of hydrogen-bond donors (Lipinski definition) is 0. The zero-order valence-corrected chi connectivity index (χ0v) is 29.4. The van der Waals surface area contributed by atoms with Gasteiger partial charge < -0.3 is 13.9 Å². The summed E-state index contributed by atoms with van der Waals surface area (Å²) in [6.07, 6.45) is 9.46. The summed E-state index contributed by atoms with van der Waals surface area (Å²) >= 11 is 0. The maximum atomic E-state index is 6.49. The van der Waals surface area contributed by atoms with Gasteiger partial charge in [0.1, 0.15) is 11.2 Å². The summed E-state index contributed by atoms with van der Waals surface area (Å²) in [5.74, 6) is 2.01. The summed E-state index contributed by atoms with van der Waals surface area (Å²) < 4.78 is 10.6. The van der Waals surface area contributed by atoms with E-state index in [1.54, 1.807) is 0 Å². The fraction of sp³-hybridized carbons (Fsp3) is 0.0930. The summed E-state index contributed by atoms with van der Waals surface area (Å²) in [7, 11) is 0. The van der Waals surface area contributed by atoms with Gasteiger partial charge in [0.05, 0.1) is 5.70 Å². The number of benzene rings is 5. The Kier molecular flexibility index (Phi) is 7.54. The Morgan fingerprint density at radius 1 is 0.735 bits per heavy atom. The van der Waals surface area contributed by atoms with E-state index in [0.29, 0.717) is 11.5 Å². The quantitative estimate of drug-likeness (QED) is 0.133. The number of rotatable bonds is 4. The minimum absolute atomic E-state index is 0. The van der Waals surface area contributed by atoms with Gasteiger partial charge >= 0.3 is 0 Å². The van der Waals surface area contributed by atoms with E-state index < -0.39 is 0 Å². The summed E-state index contributed by atoms with van der Waals surface area (Å²) in [5, 5.41) is 6.49. The molecular weight excluding hydrogens is 784 g/mol. The number of hydrogen-bond acceptors (Lipinski definition) is 3. The molecular formula is C43H30N4OPt-2. The van der Waals surface area contributed by atoms with Crippen LogP contribution in [0.1, 0.15) is 31.9 Å². The van der Waals surface area contributed by atoms with Crippen LogP contribution in [0.3, 0.4) is 0 Å². The number of ether oxygens (including phenoxy) is 1. The second-order valence-electron chi connectivity index (χ2n) is 13.1. The molecule has 2 aliphatic rings. The first-order chi connectivity index (χ1) is 23.4. The Labute approximate surface area is 298 Å². The maximum absolute atomic E-state index is 6.49. The van der Waals surface area contributed by atoms with Crippen LogP contribution in [0.4, 0.5) is 5.69 Å². The van der Waals surface area contributed by atoms with E-state index in [2.05, 4.69) is 129 Å². The normalized spacial score (nSPS) is 13.9. The van der Waals surface area contributed by atoms with E-state index in [1.807, 2.05) is 47.2 Å². The van der Waals surface area contributed by atoms with Gasteiger partial charge in [0.25, 0.3) is 6.34 Å². The van der Waals surface area contributed by atoms with Crippen molar-refractivity contribution in [3.63, 3.8) is 0 Å². The minimum Gasteiger partial charge on any atom is -0.510 e. The summed E-state index contributed by atoms with van der Waals surface area (Å²) in [5.41, 5.74) is 6.12. The van der Waals surface area contributed by atoms with Gasteiger partial charge in [-0.2, -0.15) is 18.2 Å². The molecule has 9 rings (SSSR count). The van der Waals surface area contributed by atoms with Crippen LogP contribution in [0.25, 0.3) is 39.4 Å². The Morgan fingerprint density at radius 2 is 1.53 bits per heavy atom. The molecule has 2 aromatic heterocycles. The molecule has 0 atom stereocenters. The molecule has 0 fully saturated rings. The molecule has 49 heavy (non-hydrogen) atoms. The molecule has 0 radical (unpaired) electrons. The van der Waals surface area contributed by atoms with Crippen molar-refractivity contribution in [1.82, 2.24) is 9.55 Å². The van der Waals surface area contributed by atoms with Crippen LogP contribution in [-0.2, 0) is 26.5 Å². The molecule has 0 saturated heterocycles. The number of nitrogens with zero attached hydrogens (tertiary/aromatic N) is 4. The first kappa shape index (κ1) is 30.9. The van der Waals surface area contributed by atoms with Gasteiger partial charge in [0.2, 0.25) is 0 Å². The van der Waals surface area contributed by atoms with E-state index in [0.717, 1.165) is 60.0 Å². The molecule has 0 unspecified atom stereocenters. The third-order valence-corrected chi connectivity index (χ3v) is 9.09. The molecule has 0 spiro atoms. The van der Waals surface area contributed by atoms with E-state index in [1.165, 1.54) is 11.1 Å². The molecule has 6 heteroatoms. The van der Waals surface area contributed by atoms with Crippen molar-refractivity contribution in [2.75, 3.05) is 0 Å². The Morgan fingerprint density at radius 3 is 2.43 bits per heavy atom. The topological polar surface area (TPSA) is 42.4 Å². The Balaban J connectivity index is 0.00000348. The van der Waals surface area contributed by atoms with Gasteiger partial charge in [-0.15, -0.1) is 34.6 Å². The summed E-state index contributed by atoms with van der Waals surface area (Å²) in [4.78, 5) is 9.60. The van der Waals surface area contributed by atoms with Crippen LogP contribution in [-0.4, -0.2) is 20.5 Å². The molecule has 0 saturated carbocycles. The van der Waals surface area contributed by atoms with Crippen LogP contribution < -0.4 is 15.3 Å². The predicted molar refractivity (Wildman–Crippen MR) is 190 cm³/mol. The second kappa shape index (κ2) is 11.9. The molecule has 0 bridgehead atoms. The van der Waals surface area contributed by atoms with Crippen LogP contribution in [0.5, 0.6) is 11.5 Å². The summed E-state index contributed by atoms with van der Waals surface area (Å²) in [6, 6.07) is 44.3. The van der Waals surface area contributed by atoms with E-state index in [-0.39, 0.29) is 26.5 Å². The fourth-order valence-corrected chi connectivity index (χ4v) is 6.72. The molecule has 5 aromatic carbocycles. The molecule has 1 aliphatic carbocycles. The fourth-order valence-electron chi connectivity index (χ4n) is 6.72. The predicted octanol–water partition coefficient (Wildman–Crippen LogP) is 8.17. The van der Waals surface area contributed by atoms with Crippen molar-refractivity contribution in [2.45, 2.75) is 26.2 Å². The number of para-hydroxylation sites is 2. The first-order valence-electron chi connectivity index (χ1n) is 16.1. The van der Waals surface area contributed by atoms with Gasteiger partial charge in [-0.3, -0.25) is 0 Å². The van der Waals surface area contributed by atoms with Gasteiger partial charge in [0.15, 0.2) is 0 Å². The van der Waals surface area contributed by atoms with Gasteiger partial charge in [-0.25, -0.2) is 4.98 Å². The standard InChI is InChI=1S/C43H30N4O.Pt/c1-43(2,3)29-22-23-44-41(24-29)47-38-17-7-5-14-34(38)35-20-19-32(26-40(35)47)48-31-12-9-11-30(25-31)46-27-45-37-16-6-4-13-33(37)36-15-8-10-28-18-21-39(46)42(28)36;/h4-24H,1-3H3;/q-2;/b36-33-,45-37?,46-39?;. The van der Waals surface area contributed by atoms with Crippen molar-refractivity contribution < 1.29 is 30.4 Å². The van der Waals surface area contributed by atoms with Crippen molar-refractivity contribution in [2.24, 2.45) is 4.99 Å². The van der Waals surface area contributed by atoms with Crippen LogP contribution in [0.15, 0.2) is 126 Å². The third kappa shape index (κ3) is 5.26. The van der Waals surface area contributed by atoms with Crippen LogP contribution in [0.2, 0.25) is 0 Å². The smallest absolute Gasteiger partial charge is 0.287 e. The Hall–Kier alpha value is -5.38.